The first-order valence-electron chi connectivity index (χ1n) is 14.1. The molecule has 6 heteroatoms. The molecule has 0 unspecified atom stereocenters. The second-order valence-corrected chi connectivity index (χ2v) is 9.87. The maximum atomic E-state index is 6.04. The van der Waals surface area contributed by atoms with Crippen molar-refractivity contribution in [2.45, 2.75) is 34.1 Å². The Morgan fingerprint density at radius 1 is 0.690 bits per heavy atom. The summed E-state index contributed by atoms with van der Waals surface area (Å²) in [5, 5.41) is 4.57. The number of hydrogen-bond donors (Lipinski definition) is 3. The Morgan fingerprint density at radius 3 is 1.74 bits per heavy atom. The van der Waals surface area contributed by atoms with Gasteiger partial charge in [-0.1, -0.05) is 143 Å². The molecule has 1 heterocycles. The summed E-state index contributed by atoms with van der Waals surface area (Å²) in [5.41, 5.74) is 24.4. The number of pyridine rings is 1. The van der Waals surface area contributed by atoms with E-state index < -0.39 is 0 Å². The fourth-order valence-electron chi connectivity index (χ4n) is 4.81. The summed E-state index contributed by atoms with van der Waals surface area (Å²) in [6, 6.07) is 29.4. The van der Waals surface area contributed by atoms with Crippen LogP contribution in [0.5, 0.6) is 0 Å². The van der Waals surface area contributed by atoms with Crippen LogP contribution in [0.4, 0.5) is 0 Å². The van der Waals surface area contributed by atoms with E-state index in [4.69, 9.17) is 41.6 Å². The highest BCUT2D eigenvalue weighted by Gasteiger charge is 2.14. The second-order valence-electron chi connectivity index (χ2n) is 8.90. The Bertz CT molecular complexity index is 1750. The fourth-order valence-corrected chi connectivity index (χ4v) is 5.02. The lowest BCUT2D eigenvalue weighted by atomic mass is 9.88. The average molecular weight is 591 g/mol. The van der Waals surface area contributed by atoms with Gasteiger partial charge in [-0.3, -0.25) is 4.98 Å². The largest absolute Gasteiger partial charge is 0.404 e. The number of nitrogens with zero attached hydrogens (tertiary/aromatic N) is 1. The molecule has 0 aliphatic carbocycles. The third kappa shape index (κ3) is 7.08. The first kappa shape index (κ1) is 32.1. The maximum Gasteiger partial charge on any atom is 0.122 e. The number of benzene rings is 4. The fraction of sp³-hybridized carbons (Fsp3) is 0.139. The van der Waals surface area contributed by atoms with Crippen LogP contribution in [0, 0.1) is 0 Å². The van der Waals surface area contributed by atoms with Crippen molar-refractivity contribution in [1.29, 1.82) is 0 Å². The molecule has 214 valence electrons. The SMILES string of the molecule is CC.CC.N/C=C(\C=C/CC(N)=S)c1ccc(-c2ccc(-c3ccc(C(N)=S)nc3)c3ccccc23)c2ccccc12. The zero-order valence-electron chi connectivity index (χ0n) is 24.6. The van der Waals surface area contributed by atoms with Gasteiger partial charge in [0.15, 0.2) is 0 Å². The number of hydrogen-bond acceptors (Lipinski definition) is 4. The van der Waals surface area contributed by atoms with Gasteiger partial charge in [0, 0.05) is 24.4 Å². The molecule has 0 bridgehead atoms. The van der Waals surface area contributed by atoms with Gasteiger partial charge < -0.3 is 17.2 Å². The lowest BCUT2D eigenvalue weighted by Gasteiger charge is -2.16. The maximum absolute atomic E-state index is 6.04. The third-order valence-corrected chi connectivity index (χ3v) is 6.95. The summed E-state index contributed by atoms with van der Waals surface area (Å²) in [7, 11) is 0. The number of nitrogens with two attached hydrogens (primary N) is 3. The first-order chi connectivity index (χ1) is 20.5. The third-order valence-electron chi connectivity index (χ3n) is 6.57. The van der Waals surface area contributed by atoms with Gasteiger partial charge >= 0.3 is 0 Å². The molecule has 0 saturated carbocycles. The summed E-state index contributed by atoms with van der Waals surface area (Å²) in [4.78, 5) is 5.18. The monoisotopic (exact) mass is 590 g/mol. The summed E-state index contributed by atoms with van der Waals surface area (Å²) in [6.45, 7) is 8.00. The lowest BCUT2D eigenvalue weighted by molar-refractivity contribution is 1.29. The van der Waals surface area contributed by atoms with Crippen LogP contribution in [0.2, 0.25) is 0 Å². The standard InChI is InChI=1S/C32H26N4S2.2C2H6/c33-18-20(6-5-11-31(34)37)22-13-15-28(26-9-3-1-7-24(22)26)29-16-14-23(25-8-2-4-10-27(25)29)21-12-17-30(32(35)38)36-19-21;2*1-2/h1-10,12-19H,11,33H2,(H2,34,37)(H2,35,38);2*1-2H3/b6-5-,20-18+;;. The smallest absolute Gasteiger partial charge is 0.122 e. The van der Waals surface area contributed by atoms with Crippen LogP contribution in [0.15, 0.2) is 109 Å². The molecule has 1 aromatic heterocycles. The van der Waals surface area contributed by atoms with Gasteiger partial charge in [-0.15, -0.1) is 0 Å². The van der Waals surface area contributed by atoms with Crippen molar-refractivity contribution in [3.8, 4) is 22.3 Å². The molecule has 0 fully saturated rings. The summed E-state index contributed by atoms with van der Waals surface area (Å²) in [6.07, 6.45) is 7.89. The highest BCUT2D eigenvalue weighted by molar-refractivity contribution is 7.80. The van der Waals surface area contributed by atoms with Gasteiger partial charge in [-0.25, -0.2) is 0 Å². The molecule has 5 aromatic rings. The minimum absolute atomic E-state index is 0.290. The minimum Gasteiger partial charge on any atom is -0.404 e. The van der Waals surface area contributed by atoms with Crippen molar-refractivity contribution in [2.75, 3.05) is 0 Å². The number of fused-ring (bicyclic) bond motifs is 2. The van der Waals surface area contributed by atoms with Crippen LogP contribution in [-0.2, 0) is 0 Å². The highest BCUT2D eigenvalue weighted by Crippen LogP contribution is 2.40. The molecule has 0 atom stereocenters. The topological polar surface area (TPSA) is 91.0 Å². The van der Waals surface area contributed by atoms with Crippen LogP contribution < -0.4 is 17.2 Å². The van der Waals surface area contributed by atoms with Crippen LogP contribution >= 0.6 is 24.4 Å². The van der Waals surface area contributed by atoms with Crippen LogP contribution in [0.3, 0.4) is 0 Å². The molecule has 0 spiro atoms. The molecule has 5 rings (SSSR count). The highest BCUT2D eigenvalue weighted by atomic mass is 32.1. The zero-order chi connectivity index (χ0) is 30.6. The molecule has 0 aliphatic heterocycles. The summed E-state index contributed by atoms with van der Waals surface area (Å²) >= 11 is 10.1. The predicted molar refractivity (Wildman–Crippen MR) is 191 cm³/mol. The normalized spacial score (nSPS) is 11.0. The van der Waals surface area contributed by atoms with E-state index in [1.165, 1.54) is 0 Å². The van der Waals surface area contributed by atoms with E-state index in [0.717, 1.165) is 54.9 Å². The Hall–Kier alpha value is -4.39. The van der Waals surface area contributed by atoms with E-state index in [9.17, 15) is 0 Å². The van der Waals surface area contributed by atoms with E-state index >= 15 is 0 Å². The van der Waals surface area contributed by atoms with Crippen molar-refractivity contribution >= 4 is 61.5 Å². The van der Waals surface area contributed by atoms with Gasteiger partial charge in [0.1, 0.15) is 4.99 Å². The molecule has 6 N–H and O–H groups in total. The van der Waals surface area contributed by atoms with Crippen LogP contribution in [0.1, 0.15) is 45.4 Å². The van der Waals surface area contributed by atoms with E-state index in [1.54, 1.807) is 6.20 Å². The van der Waals surface area contributed by atoms with E-state index in [1.807, 2.05) is 64.2 Å². The van der Waals surface area contributed by atoms with Crippen molar-refractivity contribution in [1.82, 2.24) is 4.98 Å². The van der Waals surface area contributed by atoms with Gasteiger partial charge in [-0.2, -0.15) is 0 Å². The Morgan fingerprint density at radius 2 is 1.21 bits per heavy atom. The molecular weight excluding hydrogens is 553 g/mol. The molecule has 0 saturated heterocycles. The quantitative estimate of drug-likeness (QED) is 0.129. The molecule has 42 heavy (non-hydrogen) atoms. The van der Waals surface area contributed by atoms with Crippen molar-refractivity contribution in [3.63, 3.8) is 0 Å². The summed E-state index contributed by atoms with van der Waals surface area (Å²) in [5.74, 6) is 0. The minimum atomic E-state index is 0.290. The Balaban J connectivity index is 0.00000116. The van der Waals surface area contributed by atoms with Gasteiger partial charge in [0.2, 0.25) is 0 Å². The van der Waals surface area contributed by atoms with E-state index in [-0.39, 0.29) is 4.99 Å². The number of thiocarbonyl (C=S) groups is 2. The molecule has 4 aromatic carbocycles. The van der Waals surface area contributed by atoms with Gasteiger partial charge in [0.25, 0.3) is 0 Å². The number of aromatic nitrogens is 1. The second kappa shape index (κ2) is 15.6. The molecule has 0 radical (unpaired) electrons. The summed E-state index contributed by atoms with van der Waals surface area (Å²) < 4.78 is 0. The predicted octanol–water partition coefficient (Wildman–Crippen LogP) is 8.94. The van der Waals surface area contributed by atoms with E-state index in [0.29, 0.717) is 17.1 Å². The van der Waals surface area contributed by atoms with Crippen molar-refractivity contribution in [2.24, 2.45) is 17.2 Å². The lowest BCUT2D eigenvalue weighted by Crippen LogP contribution is -2.10. The number of rotatable bonds is 7. The van der Waals surface area contributed by atoms with Crippen LogP contribution in [-0.4, -0.2) is 15.0 Å². The molecule has 0 aliphatic rings. The Kier molecular flexibility index (Phi) is 11.9. The van der Waals surface area contributed by atoms with Gasteiger partial charge in [0.05, 0.1) is 10.7 Å². The number of allylic oxidation sites excluding steroid dienone is 2. The average Bonchev–Trinajstić information content (AvgIpc) is 3.04. The van der Waals surface area contributed by atoms with Gasteiger partial charge in [-0.05, 0) is 55.4 Å². The molecular formula is C36H38N4S2. The zero-order valence-corrected chi connectivity index (χ0v) is 26.2. The van der Waals surface area contributed by atoms with Crippen molar-refractivity contribution < 1.29 is 0 Å². The van der Waals surface area contributed by atoms with E-state index in [2.05, 4.69) is 71.7 Å². The van der Waals surface area contributed by atoms with Crippen LogP contribution in [0.25, 0.3) is 49.4 Å². The molecule has 4 nitrogen and oxygen atoms in total. The van der Waals surface area contributed by atoms with Crippen molar-refractivity contribution in [3.05, 3.63) is 121 Å². The molecule has 0 amide bonds. The Labute approximate surface area is 260 Å². The first-order valence-corrected chi connectivity index (χ1v) is 15.0.